The predicted molar refractivity (Wildman–Crippen MR) is 90.9 cm³/mol. The average Bonchev–Trinajstić information content (AvgIpc) is 2.96. The predicted octanol–water partition coefficient (Wildman–Crippen LogP) is 3.62. The summed E-state index contributed by atoms with van der Waals surface area (Å²) in [5.41, 5.74) is 2.79. The minimum Gasteiger partial charge on any atom is -0.389 e. The highest BCUT2D eigenvalue weighted by Gasteiger charge is 2.20. The van der Waals surface area contributed by atoms with Crippen molar-refractivity contribution < 1.29 is 5.11 Å². The lowest BCUT2D eigenvalue weighted by Crippen LogP contribution is -2.37. The lowest BCUT2D eigenvalue weighted by molar-refractivity contribution is 0.0778. The van der Waals surface area contributed by atoms with Gasteiger partial charge in [0.15, 0.2) is 0 Å². The zero-order valence-corrected chi connectivity index (χ0v) is 13.0. The van der Waals surface area contributed by atoms with Crippen LogP contribution in [0.2, 0.25) is 0 Å². The first kappa shape index (κ1) is 14.8. The van der Waals surface area contributed by atoms with Gasteiger partial charge in [0.2, 0.25) is 0 Å². The van der Waals surface area contributed by atoms with Crippen molar-refractivity contribution in [3.8, 4) is 0 Å². The second-order valence-corrected chi connectivity index (χ2v) is 6.32. The summed E-state index contributed by atoms with van der Waals surface area (Å²) >= 11 is 0. The Bertz CT molecular complexity index is 741. The van der Waals surface area contributed by atoms with Gasteiger partial charge < -0.3 is 15.4 Å². The molecule has 3 N–H and O–H groups in total. The Morgan fingerprint density at radius 1 is 1.05 bits per heavy atom. The fraction of sp³-hybridized carbons (Fsp3) is 0.263. The van der Waals surface area contributed by atoms with Gasteiger partial charge in [0.1, 0.15) is 0 Å². The summed E-state index contributed by atoms with van der Waals surface area (Å²) in [7, 11) is 0. The third kappa shape index (κ3) is 3.21. The van der Waals surface area contributed by atoms with E-state index in [9.17, 15) is 5.11 Å². The molecule has 0 saturated heterocycles. The van der Waals surface area contributed by atoms with Gasteiger partial charge in [-0.25, -0.2) is 0 Å². The minimum absolute atomic E-state index is 0.0483. The van der Waals surface area contributed by atoms with Crippen molar-refractivity contribution in [2.75, 3.05) is 6.54 Å². The van der Waals surface area contributed by atoms with E-state index in [1.807, 2.05) is 38.2 Å². The number of aromatic nitrogens is 1. The molecule has 1 heterocycles. The van der Waals surface area contributed by atoms with E-state index in [2.05, 4.69) is 46.7 Å². The van der Waals surface area contributed by atoms with Gasteiger partial charge in [0.05, 0.1) is 11.6 Å². The summed E-state index contributed by atoms with van der Waals surface area (Å²) in [6, 6.07) is 18.8. The molecule has 22 heavy (non-hydrogen) atoms. The molecule has 1 aromatic heterocycles. The molecule has 0 amide bonds. The second kappa shape index (κ2) is 5.95. The van der Waals surface area contributed by atoms with Gasteiger partial charge in [-0.1, -0.05) is 42.5 Å². The van der Waals surface area contributed by atoms with Crippen LogP contribution in [0, 0.1) is 0 Å². The van der Waals surface area contributed by atoms with Crippen LogP contribution in [-0.2, 0) is 0 Å². The van der Waals surface area contributed by atoms with Gasteiger partial charge in [0.25, 0.3) is 0 Å². The number of hydrogen-bond acceptors (Lipinski definition) is 2. The molecule has 0 saturated carbocycles. The maximum atomic E-state index is 10.1. The monoisotopic (exact) mass is 294 g/mol. The van der Waals surface area contributed by atoms with Gasteiger partial charge in [0, 0.05) is 23.6 Å². The molecule has 3 nitrogen and oxygen atoms in total. The number of hydrogen-bond donors (Lipinski definition) is 3. The van der Waals surface area contributed by atoms with Gasteiger partial charge in [-0.3, -0.25) is 0 Å². The van der Waals surface area contributed by atoms with E-state index in [0.717, 1.165) is 5.52 Å². The van der Waals surface area contributed by atoms with E-state index < -0.39 is 5.60 Å². The third-order valence-electron chi connectivity index (χ3n) is 3.81. The van der Waals surface area contributed by atoms with Crippen LogP contribution < -0.4 is 5.32 Å². The summed E-state index contributed by atoms with van der Waals surface area (Å²) in [5, 5.41) is 14.8. The Labute approximate surface area is 131 Å². The first-order valence-corrected chi connectivity index (χ1v) is 7.61. The highest BCUT2D eigenvalue weighted by molar-refractivity contribution is 5.83. The molecule has 1 unspecified atom stereocenters. The molecule has 114 valence electrons. The zero-order chi connectivity index (χ0) is 15.6. The van der Waals surface area contributed by atoms with E-state index in [1.165, 1.54) is 16.5 Å². The summed E-state index contributed by atoms with van der Waals surface area (Å²) < 4.78 is 0. The van der Waals surface area contributed by atoms with E-state index in [-0.39, 0.29) is 6.04 Å². The maximum absolute atomic E-state index is 10.1. The van der Waals surface area contributed by atoms with Gasteiger partial charge >= 0.3 is 0 Å². The largest absolute Gasteiger partial charge is 0.389 e. The fourth-order valence-electron chi connectivity index (χ4n) is 2.77. The van der Waals surface area contributed by atoms with Crippen LogP contribution in [-0.4, -0.2) is 22.2 Å². The second-order valence-electron chi connectivity index (χ2n) is 6.32. The lowest BCUT2D eigenvalue weighted by atomic mass is 9.95. The molecule has 0 aliphatic heterocycles. The van der Waals surface area contributed by atoms with Crippen molar-refractivity contribution >= 4 is 10.9 Å². The molecule has 0 fully saturated rings. The molecule has 3 rings (SSSR count). The number of nitrogens with one attached hydrogen (secondary N) is 2. The molecule has 0 aliphatic carbocycles. The Morgan fingerprint density at radius 3 is 2.55 bits per heavy atom. The summed E-state index contributed by atoms with van der Waals surface area (Å²) in [6.07, 6.45) is 1.96. The highest BCUT2D eigenvalue weighted by Crippen LogP contribution is 2.28. The fourth-order valence-corrected chi connectivity index (χ4v) is 2.77. The van der Waals surface area contributed by atoms with Crippen LogP contribution >= 0.6 is 0 Å². The minimum atomic E-state index is -0.751. The van der Waals surface area contributed by atoms with E-state index in [4.69, 9.17) is 0 Å². The average molecular weight is 294 g/mol. The normalized spacial score (nSPS) is 13.4. The number of H-pyrrole nitrogens is 1. The Hall–Kier alpha value is -2.10. The molecule has 0 bridgehead atoms. The van der Waals surface area contributed by atoms with Crippen LogP contribution in [0.5, 0.6) is 0 Å². The van der Waals surface area contributed by atoms with E-state index in [0.29, 0.717) is 6.54 Å². The SMILES string of the molecule is CC(C)(O)CNC(c1ccccc1)c1cccc2[nH]ccc12. The van der Waals surface area contributed by atoms with E-state index in [1.54, 1.807) is 0 Å². The van der Waals surface area contributed by atoms with Gasteiger partial charge in [-0.15, -0.1) is 0 Å². The number of aliphatic hydroxyl groups is 1. The van der Waals surface area contributed by atoms with Crippen molar-refractivity contribution in [2.45, 2.75) is 25.5 Å². The highest BCUT2D eigenvalue weighted by atomic mass is 16.3. The number of rotatable bonds is 5. The molecule has 0 spiro atoms. The zero-order valence-electron chi connectivity index (χ0n) is 13.0. The van der Waals surface area contributed by atoms with Crippen LogP contribution in [0.4, 0.5) is 0 Å². The summed E-state index contributed by atoms with van der Waals surface area (Å²) in [6.45, 7) is 4.16. The Morgan fingerprint density at radius 2 is 1.82 bits per heavy atom. The molecule has 0 radical (unpaired) electrons. The third-order valence-corrected chi connectivity index (χ3v) is 3.81. The molecular formula is C19H22N2O. The van der Waals surface area contributed by atoms with Crippen LogP contribution in [0.3, 0.4) is 0 Å². The Balaban J connectivity index is 2.03. The smallest absolute Gasteiger partial charge is 0.0715 e. The topological polar surface area (TPSA) is 48.0 Å². The number of fused-ring (bicyclic) bond motifs is 1. The van der Waals surface area contributed by atoms with Crippen LogP contribution in [0.15, 0.2) is 60.8 Å². The summed E-state index contributed by atoms with van der Waals surface area (Å²) in [4.78, 5) is 3.26. The van der Waals surface area contributed by atoms with Crippen molar-refractivity contribution in [1.82, 2.24) is 10.3 Å². The standard InChI is InChI=1S/C19H22N2O/c1-19(2,22)13-21-18(14-7-4-3-5-8-14)16-9-6-10-17-15(16)11-12-20-17/h3-12,18,20-22H,13H2,1-2H3. The quantitative estimate of drug-likeness (QED) is 0.673. The molecule has 1 atom stereocenters. The first-order valence-electron chi connectivity index (χ1n) is 7.61. The molecule has 2 aromatic carbocycles. The van der Waals surface area contributed by atoms with Gasteiger partial charge in [-0.2, -0.15) is 0 Å². The van der Waals surface area contributed by atoms with Crippen molar-refractivity contribution in [3.05, 3.63) is 71.9 Å². The van der Waals surface area contributed by atoms with Crippen molar-refractivity contribution in [3.63, 3.8) is 0 Å². The molecule has 3 heteroatoms. The number of aromatic amines is 1. The maximum Gasteiger partial charge on any atom is 0.0715 e. The first-order chi connectivity index (χ1) is 10.5. The summed E-state index contributed by atoms with van der Waals surface area (Å²) in [5.74, 6) is 0. The van der Waals surface area contributed by atoms with Crippen molar-refractivity contribution in [1.29, 1.82) is 0 Å². The van der Waals surface area contributed by atoms with Crippen molar-refractivity contribution in [2.24, 2.45) is 0 Å². The molecule has 0 aliphatic rings. The molecule has 3 aromatic rings. The van der Waals surface area contributed by atoms with Gasteiger partial charge in [-0.05, 0) is 37.1 Å². The van der Waals surface area contributed by atoms with E-state index >= 15 is 0 Å². The Kier molecular flexibility index (Phi) is 4.01. The number of benzene rings is 2. The lowest BCUT2D eigenvalue weighted by Gasteiger charge is -2.25. The van der Waals surface area contributed by atoms with Crippen LogP contribution in [0.1, 0.15) is 31.0 Å². The molecular weight excluding hydrogens is 272 g/mol. The van der Waals surface area contributed by atoms with Crippen LogP contribution in [0.25, 0.3) is 10.9 Å².